The minimum Gasteiger partial charge on any atom is -0.349 e. The van der Waals surface area contributed by atoms with Crippen molar-refractivity contribution >= 4 is 5.91 Å². The molecule has 1 aromatic rings. The van der Waals surface area contributed by atoms with Gasteiger partial charge in [0, 0.05) is 11.6 Å². The zero-order valence-corrected chi connectivity index (χ0v) is 10.0. The highest BCUT2D eigenvalue weighted by Crippen LogP contribution is 2.39. The molecule has 0 saturated heterocycles. The summed E-state index contributed by atoms with van der Waals surface area (Å²) in [6.07, 6.45) is 6.88. The number of hydrogen-bond donors (Lipinski definition) is 1. The van der Waals surface area contributed by atoms with Crippen molar-refractivity contribution in [2.75, 3.05) is 0 Å². The summed E-state index contributed by atoms with van der Waals surface area (Å²) in [5, 5.41) is 3.18. The largest absolute Gasteiger partial charge is 0.349 e. The van der Waals surface area contributed by atoms with Crippen molar-refractivity contribution in [2.24, 2.45) is 11.8 Å². The first-order chi connectivity index (χ1) is 8.24. The molecule has 1 saturated carbocycles. The lowest BCUT2D eigenvalue weighted by molar-refractivity contribution is 0.0930. The van der Waals surface area contributed by atoms with Gasteiger partial charge in [0.1, 0.15) is 0 Å². The van der Waals surface area contributed by atoms with Crippen LogP contribution < -0.4 is 5.32 Å². The number of carbonyl (C=O) groups excluding carboxylic acids is 1. The highest BCUT2D eigenvalue weighted by Gasteiger charge is 2.36. The van der Waals surface area contributed by atoms with Crippen LogP contribution in [0.2, 0.25) is 0 Å². The zero-order valence-electron chi connectivity index (χ0n) is 10.0. The van der Waals surface area contributed by atoms with E-state index in [1.165, 1.54) is 6.42 Å². The molecule has 2 bridgehead atoms. The molecular formula is C15H17NO. The van der Waals surface area contributed by atoms with E-state index >= 15 is 0 Å². The number of rotatable bonds is 2. The van der Waals surface area contributed by atoms with Crippen LogP contribution in [0.15, 0.2) is 36.4 Å². The van der Waals surface area contributed by atoms with Gasteiger partial charge < -0.3 is 5.32 Å². The number of aryl methyl sites for hydroxylation is 1. The van der Waals surface area contributed by atoms with E-state index in [-0.39, 0.29) is 5.91 Å². The molecule has 3 rings (SSSR count). The van der Waals surface area contributed by atoms with E-state index in [1.54, 1.807) is 0 Å². The minimum absolute atomic E-state index is 0.0778. The summed E-state index contributed by atoms with van der Waals surface area (Å²) in [5.41, 5.74) is 1.85. The lowest BCUT2D eigenvalue weighted by Gasteiger charge is -2.20. The lowest BCUT2D eigenvalue weighted by Crippen LogP contribution is -2.37. The molecule has 0 aromatic heterocycles. The van der Waals surface area contributed by atoms with Crippen LogP contribution in [0.3, 0.4) is 0 Å². The number of amides is 1. The number of allylic oxidation sites excluding steroid dienone is 1. The molecule has 1 N–H and O–H groups in total. The van der Waals surface area contributed by atoms with Gasteiger partial charge in [0.15, 0.2) is 0 Å². The van der Waals surface area contributed by atoms with Crippen molar-refractivity contribution in [3.8, 4) is 0 Å². The van der Waals surface area contributed by atoms with Crippen molar-refractivity contribution < 1.29 is 4.79 Å². The molecule has 3 unspecified atom stereocenters. The third-order valence-electron chi connectivity index (χ3n) is 3.99. The summed E-state index contributed by atoms with van der Waals surface area (Å²) in [5.74, 6) is 1.34. The quantitative estimate of drug-likeness (QED) is 0.773. The summed E-state index contributed by atoms with van der Waals surface area (Å²) in [7, 11) is 0. The Morgan fingerprint density at radius 3 is 2.71 bits per heavy atom. The van der Waals surface area contributed by atoms with E-state index < -0.39 is 0 Å². The van der Waals surface area contributed by atoms with E-state index in [1.807, 2.05) is 31.2 Å². The summed E-state index contributed by atoms with van der Waals surface area (Å²) in [4.78, 5) is 12.2. The molecule has 0 heterocycles. The molecule has 1 amide bonds. The van der Waals surface area contributed by atoms with Crippen molar-refractivity contribution in [1.29, 1.82) is 0 Å². The van der Waals surface area contributed by atoms with Crippen molar-refractivity contribution in [1.82, 2.24) is 5.32 Å². The maximum Gasteiger partial charge on any atom is 0.251 e. The monoisotopic (exact) mass is 227 g/mol. The Morgan fingerprint density at radius 1 is 1.24 bits per heavy atom. The van der Waals surface area contributed by atoms with Crippen LogP contribution in [-0.2, 0) is 0 Å². The normalized spacial score (nSPS) is 29.6. The maximum atomic E-state index is 12.2. The standard InChI is InChI=1S/C15H17NO/c1-10-4-2-3-5-13(10)15(17)16-14-9-11-6-7-12(14)8-11/h2-7,11-12,14H,8-9H2,1H3,(H,16,17). The fourth-order valence-corrected chi connectivity index (χ4v) is 3.02. The second-order valence-corrected chi connectivity index (χ2v) is 5.18. The van der Waals surface area contributed by atoms with E-state index in [0.717, 1.165) is 17.5 Å². The predicted octanol–water partition coefficient (Wildman–Crippen LogP) is 2.69. The third kappa shape index (κ3) is 1.88. The molecular weight excluding hydrogens is 210 g/mol. The van der Waals surface area contributed by atoms with Gasteiger partial charge in [-0.3, -0.25) is 4.79 Å². The van der Waals surface area contributed by atoms with Gasteiger partial charge in [0.2, 0.25) is 0 Å². The Balaban J connectivity index is 1.72. The lowest BCUT2D eigenvalue weighted by atomic mass is 10.0. The first-order valence-electron chi connectivity index (χ1n) is 6.29. The Labute approximate surface area is 102 Å². The van der Waals surface area contributed by atoms with E-state index in [2.05, 4.69) is 17.5 Å². The molecule has 1 fully saturated rings. The van der Waals surface area contributed by atoms with Gasteiger partial charge in [0.05, 0.1) is 0 Å². The Kier molecular flexibility index (Phi) is 2.50. The third-order valence-corrected chi connectivity index (χ3v) is 3.99. The molecule has 2 aliphatic rings. The Hall–Kier alpha value is -1.57. The van der Waals surface area contributed by atoms with Gasteiger partial charge in [-0.15, -0.1) is 0 Å². The predicted molar refractivity (Wildman–Crippen MR) is 67.8 cm³/mol. The summed E-state index contributed by atoms with van der Waals surface area (Å²) in [6.45, 7) is 1.98. The maximum absolute atomic E-state index is 12.2. The van der Waals surface area contributed by atoms with Crippen LogP contribution in [0, 0.1) is 18.8 Å². The van der Waals surface area contributed by atoms with E-state index in [4.69, 9.17) is 0 Å². The van der Waals surface area contributed by atoms with Gasteiger partial charge in [0.25, 0.3) is 5.91 Å². The van der Waals surface area contributed by atoms with Gasteiger partial charge >= 0.3 is 0 Å². The van der Waals surface area contributed by atoms with E-state index in [9.17, 15) is 4.79 Å². The molecule has 3 atom stereocenters. The van der Waals surface area contributed by atoms with Crippen LogP contribution in [0.1, 0.15) is 28.8 Å². The summed E-state index contributed by atoms with van der Waals surface area (Å²) >= 11 is 0. The highest BCUT2D eigenvalue weighted by atomic mass is 16.1. The minimum atomic E-state index is 0.0778. The fraction of sp³-hybridized carbons (Fsp3) is 0.400. The van der Waals surface area contributed by atoms with E-state index in [0.29, 0.717) is 17.9 Å². The number of fused-ring (bicyclic) bond motifs is 2. The SMILES string of the molecule is Cc1ccccc1C(=O)NC1CC2C=CC1C2. The number of hydrogen-bond acceptors (Lipinski definition) is 1. The molecule has 0 aliphatic heterocycles. The fourth-order valence-electron chi connectivity index (χ4n) is 3.02. The van der Waals surface area contributed by atoms with Crippen molar-refractivity contribution in [3.63, 3.8) is 0 Å². The molecule has 88 valence electrons. The molecule has 2 nitrogen and oxygen atoms in total. The second kappa shape index (κ2) is 4.02. The zero-order chi connectivity index (χ0) is 11.8. The topological polar surface area (TPSA) is 29.1 Å². The number of carbonyl (C=O) groups is 1. The molecule has 17 heavy (non-hydrogen) atoms. The molecule has 2 heteroatoms. The second-order valence-electron chi connectivity index (χ2n) is 5.18. The van der Waals surface area contributed by atoms with Crippen LogP contribution in [0.25, 0.3) is 0 Å². The Morgan fingerprint density at radius 2 is 2.06 bits per heavy atom. The van der Waals surface area contributed by atoms with Gasteiger partial charge in [-0.25, -0.2) is 0 Å². The van der Waals surface area contributed by atoms with Crippen LogP contribution in [0.5, 0.6) is 0 Å². The van der Waals surface area contributed by atoms with Crippen molar-refractivity contribution in [2.45, 2.75) is 25.8 Å². The molecule has 1 aromatic carbocycles. The first kappa shape index (κ1) is 10.6. The summed E-state index contributed by atoms with van der Waals surface area (Å²) in [6, 6.07) is 8.11. The summed E-state index contributed by atoms with van der Waals surface area (Å²) < 4.78 is 0. The molecule has 0 spiro atoms. The number of nitrogens with one attached hydrogen (secondary N) is 1. The Bertz CT molecular complexity index is 478. The average molecular weight is 227 g/mol. The van der Waals surface area contributed by atoms with Crippen LogP contribution in [0.4, 0.5) is 0 Å². The van der Waals surface area contributed by atoms with Crippen LogP contribution >= 0.6 is 0 Å². The van der Waals surface area contributed by atoms with Gasteiger partial charge in [-0.1, -0.05) is 30.4 Å². The van der Waals surface area contributed by atoms with Crippen LogP contribution in [-0.4, -0.2) is 11.9 Å². The smallest absolute Gasteiger partial charge is 0.251 e. The molecule has 0 radical (unpaired) electrons. The number of benzene rings is 1. The molecule has 2 aliphatic carbocycles. The van der Waals surface area contributed by atoms with Crippen molar-refractivity contribution in [3.05, 3.63) is 47.5 Å². The van der Waals surface area contributed by atoms with Gasteiger partial charge in [-0.05, 0) is 43.2 Å². The van der Waals surface area contributed by atoms with Gasteiger partial charge in [-0.2, -0.15) is 0 Å². The first-order valence-corrected chi connectivity index (χ1v) is 6.29. The average Bonchev–Trinajstić information content (AvgIpc) is 2.91. The highest BCUT2D eigenvalue weighted by molar-refractivity contribution is 5.95.